The Labute approximate surface area is 206 Å². The SMILES string of the molecule is CCN(C)Cc1cncc(-c2cnc3[nH]nc(-c4nc5c(-c6cccc(F)c6)cncc5[nH]4)c3c2)c1. The van der Waals surface area contributed by atoms with E-state index in [4.69, 9.17) is 4.98 Å². The van der Waals surface area contributed by atoms with Gasteiger partial charge in [0.2, 0.25) is 0 Å². The van der Waals surface area contributed by atoms with Crippen LogP contribution >= 0.6 is 0 Å². The van der Waals surface area contributed by atoms with E-state index in [0.29, 0.717) is 28.2 Å². The second kappa shape index (κ2) is 8.94. The van der Waals surface area contributed by atoms with Crippen molar-refractivity contribution >= 4 is 22.1 Å². The summed E-state index contributed by atoms with van der Waals surface area (Å²) in [5, 5.41) is 8.33. The summed E-state index contributed by atoms with van der Waals surface area (Å²) in [6, 6.07) is 10.6. The number of imidazole rings is 1. The number of aromatic amines is 2. The number of nitrogens with zero attached hydrogens (tertiary/aromatic N) is 6. The molecule has 0 spiro atoms. The zero-order valence-corrected chi connectivity index (χ0v) is 19.8. The maximum Gasteiger partial charge on any atom is 0.159 e. The first-order valence-corrected chi connectivity index (χ1v) is 11.7. The van der Waals surface area contributed by atoms with Gasteiger partial charge in [-0.3, -0.25) is 15.1 Å². The quantitative estimate of drug-likeness (QED) is 0.341. The maximum atomic E-state index is 13.9. The lowest BCUT2D eigenvalue weighted by Crippen LogP contribution is -2.16. The van der Waals surface area contributed by atoms with E-state index in [9.17, 15) is 4.39 Å². The highest BCUT2D eigenvalue weighted by Gasteiger charge is 2.17. The summed E-state index contributed by atoms with van der Waals surface area (Å²) >= 11 is 0. The number of benzene rings is 1. The fourth-order valence-electron chi connectivity index (χ4n) is 4.31. The van der Waals surface area contributed by atoms with Crippen LogP contribution in [0.25, 0.3) is 55.8 Å². The number of pyridine rings is 3. The second-order valence-corrected chi connectivity index (χ2v) is 8.78. The van der Waals surface area contributed by atoms with Crippen molar-refractivity contribution in [2.75, 3.05) is 13.6 Å². The Balaban J connectivity index is 1.43. The van der Waals surface area contributed by atoms with Crippen LogP contribution in [-0.2, 0) is 6.54 Å². The molecule has 36 heavy (non-hydrogen) atoms. The number of aromatic nitrogens is 7. The summed E-state index contributed by atoms with van der Waals surface area (Å²) in [5.74, 6) is 0.273. The molecule has 5 heterocycles. The molecule has 1 aromatic carbocycles. The monoisotopic (exact) mass is 478 g/mol. The molecule has 0 saturated carbocycles. The molecule has 0 atom stereocenters. The topological polar surface area (TPSA) is 99.3 Å². The summed E-state index contributed by atoms with van der Waals surface area (Å²) < 4.78 is 13.9. The zero-order chi connectivity index (χ0) is 24.6. The number of rotatable bonds is 6. The van der Waals surface area contributed by atoms with Crippen LogP contribution in [0.1, 0.15) is 12.5 Å². The van der Waals surface area contributed by atoms with Gasteiger partial charge in [0.25, 0.3) is 0 Å². The minimum Gasteiger partial charge on any atom is -0.335 e. The minimum absolute atomic E-state index is 0.308. The lowest BCUT2D eigenvalue weighted by molar-refractivity contribution is 0.345. The molecule has 0 unspecified atom stereocenters. The minimum atomic E-state index is -0.308. The van der Waals surface area contributed by atoms with Gasteiger partial charge in [0, 0.05) is 48.0 Å². The normalized spacial score (nSPS) is 11.7. The second-order valence-electron chi connectivity index (χ2n) is 8.78. The summed E-state index contributed by atoms with van der Waals surface area (Å²) in [6.07, 6.45) is 8.95. The predicted molar refractivity (Wildman–Crippen MR) is 137 cm³/mol. The molecule has 178 valence electrons. The van der Waals surface area contributed by atoms with Gasteiger partial charge >= 0.3 is 0 Å². The van der Waals surface area contributed by atoms with Crippen LogP contribution in [0.4, 0.5) is 4.39 Å². The first kappa shape index (κ1) is 22.0. The summed E-state index contributed by atoms with van der Waals surface area (Å²) in [6.45, 7) is 3.92. The van der Waals surface area contributed by atoms with Crippen molar-refractivity contribution in [2.45, 2.75) is 13.5 Å². The van der Waals surface area contributed by atoms with Gasteiger partial charge < -0.3 is 9.88 Å². The summed E-state index contributed by atoms with van der Waals surface area (Å²) in [5.41, 5.74) is 7.27. The zero-order valence-electron chi connectivity index (χ0n) is 19.8. The Bertz CT molecular complexity index is 1700. The van der Waals surface area contributed by atoms with Crippen molar-refractivity contribution in [1.29, 1.82) is 0 Å². The molecule has 0 aliphatic rings. The van der Waals surface area contributed by atoms with Gasteiger partial charge in [0.05, 0.1) is 22.6 Å². The molecule has 6 aromatic rings. The highest BCUT2D eigenvalue weighted by Crippen LogP contribution is 2.32. The summed E-state index contributed by atoms with van der Waals surface area (Å²) in [4.78, 5) is 23.7. The van der Waals surface area contributed by atoms with Crippen LogP contribution in [0.15, 0.2) is 67.4 Å². The third-order valence-electron chi connectivity index (χ3n) is 6.29. The van der Waals surface area contributed by atoms with E-state index in [1.807, 2.05) is 30.7 Å². The van der Waals surface area contributed by atoms with E-state index in [2.05, 4.69) is 55.1 Å². The first-order valence-electron chi connectivity index (χ1n) is 11.7. The van der Waals surface area contributed by atoms with Gasteiger partial charge in [0.15, 0.2) is 11.5 Å². The van der Waals surface area contributed by atoms with Crippen molar-refractivity contribution in [2.24, 2.45) is 0 Å². The number of H-pyrrole nitrogens is 2. The molecule has 0 bridgehead atoms. The number of hydrogen-bond acceptors (Lipinski definition) is 6. The van der Waals surface area contributed by atoms with E-state index in [0.717, 1.165) is 46.2 Å². The Morgan fingerprint density at radius 3 is 2.67 bits per heavy atom. The molecule has 9 heteroatoms. The first-order chi connectivity index (χ1) is 17.6. The molecular weight excluding hydrogens is 455 g/mol. The van der Waals surface area contributed by atoms with Crippen molar-refractivity contribution < 1.29 is 4.39 Å². The van der Waals surface area contributed by atoms with Gasteiger partial charge in [-0.1, -0.05) is 19.1 Å². The van der Waals surface area contributed by atoms with Gasteiger partial charge in [0.1, 0.15) is 11.5 Å². The molecule has 5 aromatic heterocycles. The third-order valence-corrected chi connectivity index (χ3v) is 6.29. The van der Waals surface area contributed by atoms with E-state index in [-0.39, 0.29) is 5.82 Å². The highest BCUT2D eigenvalue weighted by atomic mass is 19.1. The number of hydrogen-bond donors (Lipinski definition) is 2. The van der Waals surface area contributed by atoms with Gasteiger partial charge in [-0.2, -0.15) is 5.10 Å². The van der Waals surface area contributed by atoms with E-state index in [1.54, 1.807) is 18.5 Å². The van der Waals surface area contributed by atoms with Gasteiger partial charge in [-0.05, 0) is 49.0 Å². The van der Waals surface area contributed by atoms with Crippen LogP contribution in [0.5, 0.6) is 0 Å². The number of nitrogens with one attached hydrogen (secondary N) is 2. The van der Waals surface area contributed by atoms with Crippen LogP contribution in [0.3, 0.4) is 0 Å². The molecule has 0 amide bonds. The molecule has 8 nitrogen and oxygen atoms in total. The van der Waals surface area contributed by atoms with Crippen LogP contribution in [0.2, 0.25) is 0 Å². The fourth-order valence-corrected chi connectivity index (χ4v) is 4.31. The van der Waals surface area contributed by atoms with E-state index >= 15 is 0 Å². The molecule has 0 aliphatic carbocycles. The van der Waals surface area contributed by atoms with Crippen molar-refractivity contribution in [3.8, 4) is 33.8 Å². The van der Waals surface area contributed by atoms with Gasteiger partial charge in [-0.25, -0.2) is 14.4 Å². The molecular formula is C27H23FN8. The molecule has 0 saturated heterocycles. The Morgan fingerprint density at radius 2 is 1.81 bits per heavy atom. The Hall–Kier alpha value is -4.50. The fraction of sp³-hybridized carbons (Fsp3) is 0.148. The Kier molecular flexibility index (Phi) is 5.46. The maximum absolute atomic E-state index is 13.9. The standard InChI is InChI=1S/C27H23FN8/c1-3-36(2)15-16-7-18(11-29-10-16)19-9-21-25(34-35-26(21)31-12-19)27-32-23-14-30-13-22(24(23)33-27)17-5-4-6-20(28)8-17/h4-14H,3,15H2,1-2H3,(H,32,33)(H,31,34,35). The number of fused-ring (bicyclic) bond motifs is 2. The average molecular weight is 479 g/mol. The lowest BCUT2D eigenvalue weighted by atomic mass is 10.1. The highest BCUT2D eigenvalue weighted by molar-refractivity contribution is 5.96. The van der Waals surface area contributed by atoms with Crippen molar-refractivity contribution in [3.05, 3.63) is 78.8 Å². The smallest absolute Gasteiger partial charge is 0.159 e. The van der Waals surface area contributed by atoms with Crippen molar-refractivity contribution in [1.82, 2.24) is 40.0 Å². The van der Waals surface area contributed by atoms with Crippen LogP contribution in [-0.4, -0.2) is 53.6 Å². The van der Waals surface area contributed by atoms with E-state index in [1.165, 1.54) is 12.1 Å². The van der Waals surface area contributed by atoms with Crippen molar-refractivity contribution in [3.63, 3.8) is 0 Å². The number of halogens is 1. The average Bonchev–Trinajstić information content (AvgIpc) is 3.52. The lowest BCUT2D eigenvalue weighted by Gasteiger charge is -2.14. The third kappa shape index (κ3) is 3.99. The Morgan fingerprint density at radius 1 is 0.944 bits per heavy atom. The van der Waals surface area contributed by atoms with Gasteiger partial charge in [-0.15, -0.1) is 0 Å². The molecule has 0 fully saturated rings. The predicted octanol–water partition coefficient (Wildman–Crippen LogP) is 5.22. The molecule has 2 N–H and O–H groups in total. The van der Waals surface area contributed by atoms with Crippen LogP contribution < -0.4 is 0 Å². The van der Waals surface area contributed by atoms with Crippen LogP contribution in [0, 0.1) is 5.82 Å². The largest absolute Gasteiger partial charge is 0.335 e. The summed E-state index contributed by atoms with van der Waals surface area (Å²) in [7, 11) is 2.08. The molecule has 0 aliphatic heterocycles. The molecule has 6 rings (SSSR count). The van der Waals surface area contributed by atoms with E-state index < -0.39 is 0 Å². The molecule has 0 radical (unpaired) electrons.